The molecule has 0 spiro atoms. The van der Waals surface area contributed by atoms with Gasteiger partial charge in [0.25, 0.3) is 0 Å². The Morgan fingerprint density at radius 1 is 1.67 bits per heavy atom. The molecule has 0 saturated heterocycles. The van der Waals surface area contributed by atoms with E-state index >= 15 is 0 Å². The van der Waals surface area contributed by atoms with Gasteiger partial charge in [0.05, 0.1) is 11.9 Å². The molecule has 3 heteroatoms. The van der Waals surface area contributed by atoms with E-state index in [4.69, 9.17) is 0 Å². The van der Waals surface area contributed by atoms with Crippen LogP contribution in [0.25, 0.3) is 0 Å². The Kier molecular flexibility index (Phi) is 1.22. The summed E-state index contributed by atoms with van der Waals surface area (Å²) >= 11 is 0.0864. The standard InChI is InChI=1S/C3H7NOS/c5-6-4-3-1-2-3/h3,6H,1-2H2,(H,4,5). The minimum atomic E-state index is 0.0864. The second kappa shape index (κ2) is 1.71. The van der Waals surface area contributed by atoms with Crippen molar-refractivity contribution in [3.8, 4) is 0 Å². The van der Waals surface area contributed by atoms with Crippen LogP contribution in [-0.2, 0) is 11.9 Å². The normalized spacial score (nSPS) is 21.3. The Balaban J connectivity index is 2.00. The van der Waals surface area contributed by atoms with Crippen LogP contribution in [-0.4, -0.2) is 10.3 Å². The SMILES string of the molecule is O=[SH]NC1CC1. The molecule has 0 unspecified atom stereocenters. The average Bonchev–Trinajstić information content (AvgIpc) is 2.21. The molecular formula is C3H7NOS. The summed E-state index contributed by atoms with van der Waals surface area (Å²) in [5.74, 6) is 0. The molecule has 0 aromatic carbocycles. The van der Waals surface area contributed by atoms with Crippen LogP contribution in [0.15, 0.2) is 0 Å². The van der Waals surface area contributed by atoms with Gasteiger partial charge < -0.3 is 0 Å². The Morgan fingerprint density at radius 3 is 2.50 bits per heavy atom. The van der Waals surface area contributed by atoms with Gasteiger partial charge in [-0.3, -0.25) is 0 Å². The van der Waals surface area contributed by atoms with Crippen molar-refractivity contribution < 1.29 is 4.21 Å². The van der Waals surface area contributed by atoms with Crippen molar-refractivity contribution in [1.82, 2.24) is 4.72 Å². The monoisotopic (exact) mass is 105 g/mol. The van der Waals surface area contributed by atoms with Crippen molar-refractivity contribution in [2.24, 2.45) is 0 Å². The molecule has 1 saturated carbocycles. The van der Waals surface area contributed by atoms with E-state index in [1.165, 1.54) is 12.8 Å². The smallest absolute Gasteiger partial charge is 0.0783 e. The first-order chi connectivity index (χ1) is 2.93. The van der Waals surface area contributed by atoms with Gasteiger partial charge in [-0.25, -0.2) is 8.93 Å². The number of hydrogen-bond donors (Lipinski definition) is 2. The molecule has 1 fully saturated rings. The maximum absolute atomic E-state index is 9.64. The fourth-order valence-electron chi connectivity index (χ4n) is 0.287. The summed E-state index contributed by atoms with van der Waals surface area (Å²) in [6.07, 6.45) is 2.41. The van der Waals surface area contributed by atoms with Crippen molar-refractivity contribution in [2.75, 3.05) is 0 Å². The molecule has 2 nitrogen and oxygen atoms in total. The van der Waals surface area contributed by atoms with E-state index in [1.54, 1.807) is 0 Å². The van der Waals surface area contributed by atoms with E-state index in [1.807, 2.05) is 0 Å². The van der Waals surface area contributed by atoms with Gasteiger partial charge in [-0.2, -0.15) is 0 Å². The van der Waals surface area contributed by atoms with Crippen molar-refractivity contribution in [3.05, 3.63) is 0 Å². The fourth-order valence-corrected chi connectivity index (χ4v) is 0.694. The molecule has 0 bridgehead atoms. The van der Waals surface area contributed by atoms with E-state index in [0.29, 0.717) is 6.04 Å². The highest BCUT2D eigenvalue weighted by molar-refractivity contribution is 7.63. The quantitative estimate of drug-likeness (QED) is 0.460. The van der Waals surface area contributed by atoms with Crippen LogP contribution in [0.5, 0.6) is 0 Å². The third-order valence-electron chi connectivity index (χ3n) is 0.813. The summed E-state index contributed by atoms with van der Waals surface area (Å²) in [5.41, 5.74) is 0. The molecule has 0 radical (unpaired) electrons. The molecule has 1 aliphatic rings. The molecule has 0 amide bonds. The minimum Gasteiger partial charge on any atom is -0.246 e. The first kappa shape index (κ1) is 4.27. The summed E-state index contributed by atoms with van der Waals surface area (Å²) < 4.78 is 12.4. The van der Waals surface area contributed by atoms with Crippen LogP contribution >= 0.6 is 0 Å². The molecule has 0 atom stereocenters. The third-order valence-corrected chi connectivity index (χ3v) is 1.28. The van der Waals surface area contributed by atoms with E-state index in [-0.39, 0.29) is 11.9 Å². The molecule has 1 N–H and O–H groups in total. The van der Waals surface area contributed by atoms with Crippen LogP contribution in [0.4, 0.5) is 0 Å². The Bertz CT molecular complexity index is 61.8. The molecular weight excluding hydrogens is 98.1 g/mol. The zero-order chi connectivity index (χ0) is 4.41. The Labute approximate surface area is 40.6 Å². The predicted octanol–water partition coefficient (Wildman–Crippen LogP) is -0.401. The van der Waals surface area contributed by atoms with Crippen LogP contribution in [0.1, 0.15) is 12.8 Å². The highest BCUT2D eigenvalue weighted by Gasteiger charge is 2.19. The van der Waals surface area contributed by atoms with Crippen molar-refractivity contribution >= 4 is 11.9 Å². The van der Waals surface area contributed by atoms with Crippen LogP contribution in [0.2, 0.25) is 0 Å². The number of hydrogen-bond acceptors (Lipinski definition) is 1. The fraction of sp³-hybridized carbons (Fsp3) is 1.00. The Morgan fingerprint density at radius 2 is 2.33 bits per heavy atom. The predicted molar refractivity (Wildman–Crippen MR) is 25.7 cm³/mol. The molecule has 1 rings (SSSR count). The van der Waals surface area contributed by atoms with Crippen molar-refractivity contribution in [1.29, 1.82) is 0 Å². The lowest BCUT2D eigenvalue weighted by molar-refractivity contribution is 0.684. The third kappa shape index (κ3) is 1.06. The van der Waals surface area contributed by atoms with Gasteiger partial charge in [0.15, 0.2) is 0 Å². The summed E-state index contributed by atoms with van der Waals surface area (Å²) in [4.78, 5) is 0. The van der Waals surface area contributed by atoms with Gasteiger partial charge in [-0.15, -0.1) is 0 Å². The molecule has 6 heavy (non-hydrogen) atoms. The van der Waals surface area contributed by atoms with E-state index in [9.17, 15) is 4.21 Å². The first-order valence-corrected chi connectivity index (χ1v) is 2.82. The number of rotatable bonds is 2. The zero-order valence-corrected chi connectivity index (χ0v) is 4.24. The molecule has 0 aliphatic heterocycles. The van der Waals surface area contributed by atoms with Gasteiger partial charge in [0, 0.05) is 6.04 Å². The van der Waals surface area contributed by atoms with E-state index < -0.39 is 0 Å². The second-order valence-corrected chi connectivity index (χ2v) is 1.94. The largest absolute Gasteiger partial charge is 0.246 e. The maximum Gasteiger partial charge on any atom is 0.0783 e. The number of thiol groups is 1. The summed E-state index contributed by atoms with van der Waals surface area (Å²) in [5, 5.41) is 0. The summed E-state index contributed by atoms with van der Waals surface area (Å²) in [6, 6.07) is 0.573. The molecule has 0 aromatic rings. The maximum atomic E-state index is 9.64. The topological polar surface area (TPSA) is 29.1 Å². The first-order valence-electron chi connectivity index (χ1n) is 2.01. The van der Waals surface area contributed by atoms with Crippen molar-refractivity contribution in [2.45, 2.75) is 18.9 Å². The Hall–Kier alpha value is 0.110. The van der Waals surface area contributed by atoms with Gasteiger partial charge in [-0.1, -0.05) is 0 Å². The van der Waals surface area contributed by atoms with Gasteiger partial charge in [0.1, 0.15) is 0 Å². The lowest BCUT2D eigenvalue weighted by Crippen LogP contribution is -2.07. The van der Waals surface area contributed by atoms with Gasteiger partial charge in [0.2, 0.25) is 0 Å². The van der Waals surface area contributed by atoms with E-state index in [2.05, 4.69) is 4.72 Å². The highest BCUT2D eigenvalue weighted by atomic mass is 32.2. The molecule has 36 valence electrons. The minimum absolute atomic E-state index is 0.0864. The molecule has 1 aliphatic carbocycles. The number of nitrogens with one attached hydrogen (secondary N) is 1. The summed E-state index contributed by atoms with van der Waals surface area (Å²) in [7, 11) is 0. The van der Waals surface area contributed by atoms with Crippen LogP contribution < -0.4 is 4.72 Å². The highest BCUT2D eigenvalue weighted by Crippen LogP contribution is 2.17. The molecule has 0 heterocycles. The van der Waals surface area contributed by atoms with Gasteiger partial charge >= 0.3 is 0 Å². The second-order valence-electron chi connectivity index (χ2n) is 1.49. The van der Waals surface area contributed by atoms with Crippen LogP contribution in [0, 0.1) is 0 Å². The lowest BCUT2D eigenvalue weighted by atomic mass is 10.8. The van der Waals surface area contributed by atoms with E-state index in [0.717, 1.165) is 0 Å². The zero-order valence-electron chi connectivity index (χ0n) is 3.35. The lowest BCUT2D eigenvalue weighted by Gasteiger charge is -1.80. The van der Waals surface area contributed by atoms with Crippen LogP contribution in [0.3, 0.4) is 0 Å². The summed E-state index contributed by atoms with van der Waals surface area (Å²) in [6.45, 7) is 0. The van der Waals surface area contributed by atoms with Crippen molar-refractivity contribution in [3.63, 3.8) is 0 Å². The molecule has 0 aromatic heterocycles. The average molecular weight is 105 g/mol. The van der Waals surface area contributed by atoms with Gasteiger partial charge in [-0.05, 0) is 12.8 Å².